The van der Waals surface area contributed by atoms with Crippen molar-refractivity contribution in [1.82, 2.24) is 4.90 Å². The highest BCUT2D eigenvalue weighted by Crippen LogP contribution is 2.42. The van der Waals surface area contributed by atoms with Gasteiger partial charge in [-0.1, -0.05) is 42.0 Å². The molecule has 1 unspecified atom stereocenters. The number of nitrogens with zero attached hydrogens (tertiary/aromatic N) is 1. The summed E-state index contributed by atoms with van der Waals surface area (Å²) in [5, 5.41) is 21.3. The van der Waals surface area contributed by atoms with Crippen molar-refractivity contribution in [2.75, 3.05) is 7.11 Å². The van der Waals surface area contributed by atoms with Gasteiger partial charge in [0.2, 0.25) is 0 Å². The minimum absolute atomic E-state index is 0.0463. The number of aromatic hydroxyl groups is 1. The van der Waals surface area contributed by atoms with Crippen LogP contribution in [0.1, 0.15) is 49.1 Å². The Kier molecular flexibility index (Phi) is 6.99. The van der Waals surface area contributed by atoms with Gasteiger partial charge in [0.25, 0.3) is 11.7 Å². The first-order valence-electron chi connectivity index (χ1n) is 12.0. The molecule has 0 bridgehead atoms. The number of aryl methyl sites for hydroxylation is 1. The molecule has 4 rings (SSSR count). The van der Waals surface area contributed by atoms with E-state index in [1.54, 1.807) is 24.3 Å². The van der Waals surface area contributed by atoms with Crippen LogP contribution in [0, 0.1) is 6.92 Å². The third-order valence-corrected chi connectivity index (χ3v) is 6.09. The van der Waals surface area contributed by atoms with E-state index in [-0.39, 0.29) is 23.6 Å². The van der Waals surface area contributed by atoms with Gasteiger partial charge in [0.1, 0.15) is 28.6 Å². The van der Waals surface area contributed by atoms with E-state index in [2.05, 4.69) is 0 Å². The molecule has 3 aromatic carbocycles. The molecule has 7 heteroatoms. The van der Waals surface area contributed by atoms with Crippen LogP contribution in [-0.4, -0.2) is 39.5 Å². The summed E-state index contributed by atoms with van der Waals surface area (Å²) in [7, 11) is 1.48. The maximum atomic E-state index is 13.4. The second-order valence-corrected chi connectivity index (χ2v) is 10.0. The van der Waals surface area contributed by atoms with E-state index in [1.165, 1.54) is 24.1 Å². The van der Waals surface area contributed by atoms with Crippen LogP contribution in [0.3, 0.4) is 0 Å². The number of para-hydroxylation sites is 1. The fraction of sp³-hybridized carbons (Fsp3) is 0.267. The Morgan fingerprint density at radius 3 is 2.30 bits per heavy atom. The van der Waals surface area contributed by atoms with Crippen LogP contribution in [0.15, 0.2) is 72.3 Å². The lowest BCUT2D eigenvalue weighted by molar-refractivity contribution is -0.140. The van der Waals surface area contributed by atoms with Crippen molar-refractivity contribution in [3.8, 4) is 17.2 Å². The number of phenolic OH excluding ortho intramolecular Hbond substituents is 1. The summed E-state index contributed by atoms with van der Waals surface area (Å²) in [6.07, 6.45) is 0. The number of ketones is 1. The molecule has 1 saturated heterocycles. The van der Waals surface area contributed by atoms with Gasteiger partial charge in [0, 0.05) is 5.56 Å². The van der Waals surface area contributed by atoms with Crippen molar-refractivity contribution in [3.05, 3.63) is 94.6 Å². The molecule has 1 amide bonds. The number of carbonyl (C=O) groups is 2. The number of carbonyl (C=O) groups excluding carboxylic acids is 2. The molecule has 7 nitrogen and oxygen atoms in total. The normalized spacial score (nSPS) is 17.2. The summed E-state index contributed by atoms with van der Waals surface area (Å²) in [6, 6.07) is 18.0. The number of ether oxygens (including phenoxy) is 2. The number of aliphatic hydroxyl groups is 1. The first-order chi connectivity index (χ1) is 17.5. The third-order valence-electron chi connectivity index (χ3n) is 6.09. The first kappa shape index (κ1) is 25.8. The number of benzene rings is 3. The van der Waals surface area contributed by atoms with Gasteiger partial charge in [-0.05, 0) is 63.6 Å². The monoisotopic (exact) mass is 501 g/mol. The molecule has 1 fully saturated rings. The molecular formula is C30H31NO6. The molecule has 1 atom stereocenters. The molecule has 1 heterocycles. The van der Waals surface area contributed by atoms with Gasteiger partial charge in [-0.2, -0.15) is 0 Å². The SMILES string of the molecule is COc1ccc(C)cc1/C(O)=C1\C(=O)C(=O)N(Cc2ccccc2OC(C)(C)C)C1c1ccc(O)cc1. The van der Waals surface area contributed by atoms with Gasteiger partial charge in [0.05, 0.1) is 30.8 Å². The number of hydrogen-bond donors (Lipinski definition) is 2. The minimum atomic E-state index is -0.895. The molecular weight excluding hydrogens is 470 g/mol. The van der Waals surface area contributed by atoms with Crippen LogP contribution >= 0.6 is 0 Å². The van der Waals surface area contributed by atoms with Crippen molar-refractivity contribution >= 4 is 17.4 Å². The van der Waals surface area contributed by atoms with E-state index in [4.69, 9.17) is 9.47 Å². The fourth-order valence-corrected chi connectivity index (χ4v) is 4.45. The Labute approximate surface area is 216 Å². The Balaban J connectivity index is 1.88. The van der Waals surface area contributed by atoms with Crippen LogP contribution in [0.2, 0.25) is 0 Å². The third kappa shape index (κ3) is 5.31. The van der Waals surface area contributed by atoms with Gasteiger partial charge >= 0.3 is 0 Å². The van der Waals surface area contributed by atoms with Crippen LogP contribution < -0.4 is 9.47 Å². The van der Waals surface area contributed by atoms with E-state index < -0.39 is 23.3 Å². The summed E-state index contributed by atoms with van der Waals surface area (Å²) >= 11 is 0. The maximum absolute atomic E-state index is 13.4. The number of phenols is 1. The van der Waals surface area contributed by atoms with Gasteiger partial charge in [-0.15, -0.1) is 0 Å². The predicted molar refractivity (Wildman–Crippen MR) is 141 cm³/mol. The first-order valence-corrected chi connectivity index (χ1v) is 12.0. The number of aliphatic hydroxyl groups excluding tert-OH is 1. The number of rotatable bonds is 6. The van der Waals surface area contributed by atoms with Crippen molar-refractivity contribution < 1.29 is 29.3 Å². The standard InChI is InChI=1S/C30H31NO6/c1-18-10-15-24(36-5)22(16-18)27(33)25-26(19-11-13-21(32)14-12-19)31(29(35)28(25)34)17-20-8-6-7-9-23(20)37-30(2,3)4/h6-16,26,32-33H,17H2,1-5H3/b27-25+. The molecule has 1 aliphatic heterocycles. The van der Waals surface area contributed by atoms with E-state index in [0.717, 1.165) is 11.1 Å². The topological polar surface area (TPSA) is 96.3 Å². The van der Waals surface area contributed by atoms with Gasteiger partial charge in [-0.25, -0.2) is 0 Å². The average Bonchev–Trinajstić information content (AvgIpc) is 3.09. The van der Waals surface area contributed by atoms with Crippen LogP contribution in [0.5, 0.6) is 17.2 Å². The lowest BCUT2D eigenvalue weighted by Crippen LogP contribution is -2.30. The Morgan fingerprint density at radius 1 is 0.973 bits per heavy atom. The predicted octanol–water partition coefficient (Wildman–Crippen LogP) is 5.51. The van der Waals surface area contributed by atoms with Crippen molar-refractivity contribution in [2.24, 2.45) is 0 Å². The minimum Gasteiger partial charge on any atom is -0.508 e. The van der Waals surface area contributed by atoms with Crippen molar-refractivity contribution in [1.29, 1.82) is 0 Å². The summed E-state index contributed by atoms with van der Waals surface area (Å²) < 4.78 is 11.5. The number of amides is 1. The van der Waals surface area contributed by atoms with E-state index in [1.807, 2.05) is 58.0 Å². The Hall–Kier alpha value is -4.26. The summed E-state index contributed by atoms with van der Waals surface area (Å²) in [6.45, 7) is 7.73. The Morgan fingerprint density at radius 2 is 1.65 bits per heavy atom. The van der Waals surface area contributed by atoms with Gasteiger partial charge in [-0.3, -0.25) is 9.59 Å². The van der Waals surface area contributed by atoms with E-state index in [0.29, 0.717) is 22.6 Å². The molecule has 1 aliphatic rings. The van der Waals surface area contributed by atoms with Crippen LogP contribution in [0.4, 0.5) is 0 Å². The lowest BCUT2D eigenvalue weighted by atomic mass is 9.94. The summed E-state index contributed by atoms with van der Waals surface area (Å²) in [5.41, 5.74) is 1.94. The number of methoxy groups -OCH3 is 1. The molecule has 3 aromatic rings. The fourth-order valence-electron chi connectivity index (χ4n) is 4.45. The average molecular weight is 502 g/mol. The molecule has 0 aliphatic carbocycles. The van der Waals surface area contributed by atoms with E-state index in [9.17, 15) is 19.8 Å². The highest BCUT2D eigenvalue weighted by molar-refractivity contribution is 6.46. The molecule has 0 radical (unpaired) electrons. The zero-order valence-electron chi connectivity index (χ0n) is 21.6. The molecule has 37 heavy (non-hydrogen) atoms. The van der Waals surface area contributed by atoms with Gasteiger partial charge < -0.3 is 24.6 Å². The number of hydrogen-bond acceptors (Lipinski definition) is 6. The largest absolute Gasteiger partial charge is 0.508 e. The molecule has 2 N–H and O–H groups in total. The number of Topliss-reactive ketones (excluding diaryl/α,β-unsaturated/α-hetero) is 1. The highest BCUT2D eigenvalue weighted by atomic mass is 16.5. The lowest BCUT2D eigenvalue weighted by Gasteiger charge is -2.28. The molecule has 0 aromatic heterocycles. The maximum Gasteiger partial charge on any atom is 0.295 e. The second kappa shape index (κ2) is 10.0. The quantitative estimate of drug-likeness (QED) is 0.263. The molecule has 0 saturated carbocycles. The van der Waals surface area contributed by atoms with Crippen LogP contribution in [-0.2, 0) is 16.1 Å². The summed E-state index contributed by atoms with van der Waals surface area (Å²) in [5.74, 6) is -0.835. The summed E-state index contributed by atoms with van der Waals surface area (Å²) in [4.78, 5) is 28.3. The van der Waals surface area contributed by atoms with E-state index >= 15 is 0 Å². The Bertz CT molecular complexity index is 1370. The number of likely N-dealkylation sites (tertiary alicyclic amines) is 1. The second-order valence-electron chi connectivity index (χ2n) is 10.0. The van der Waals surface area contributed by atoms with Gasteiger partial charge in [0.15, 0.2) is 0 Å². The van der Waals surface area contributed by atoms with Crippen molar-refractivity contribution in [3.63, 3.8) is 0 Å². The molecule has 192 valence electrons. The highest BCUT2D eigenvalue weighted by Gasteiger charge is 2.46. The smallest absolute Gasteiger partial charge is 0.295 e. The van der Waals surface area contributed by atoms with Crippen molar-refractivity contribution in [2.45, 2.75) is 45.9 Å². The zero-order chi connectivity index (χ0) is 26.9. The zero-order valence-corrected chi connectivity index (χ0v) is 21.6. The van der Waals surface area contributed by atoms with Crippen LogP contribution in [0.25, 0.3) is 5.76 Å². The molecule has 0 spiro atoms.